The number of benzene rings is 2. The van der Waals surface area contributed by atoms with Crippen LogP contribution in [0.1, 0.15) is 33.6 Å². The topological polar surface area (TPSA) is 66.6 Å². The zero-order chi connectivity index (χ0) is 22.0. The molecule has 1 aliphatic heterocycles. The van der Waals surface area contributed by atoms with Crippen LogP contribution in [0.25, 0.3) is 10.1 Å². The van der Waals surface area contributed by atoms with Crippen LogP contribution in [0.2, 0.25) is 0 Å². The summed E-state index contributed by atoms with van der Waals surface area (Å²) in [5, 5.41) is 1.05. The highest BCUT2D eigenvalue weighted by atomic mass is 32.1. The monoisotopic (exact) mass is 439 g/mol. The molecular weight excluding hydrogens is 413 g/mol. The Bertz CT molecular complexity index is 1100. The number of nitrogens with two attached hydrogens (primary N) is 1. The Labute approximate surface area is 185 Å². The lowest BCUT2D eigenvalue weighted by molar-refractivity contribution is -0.133. The van der Waals surface area contributed by atoms with Crippen LogP contribution in [-0.2, 0) is 17.8 Å². The summed E-state index contributed by atoms with van der Waals surface area (Å²) in [6.45, 7) is 1.59. The number of rotatable bonds is 7. The molecule has 0 spiro atoms. The second kappa shape index (κ2) is 9.16. The minimum atomic E-state index is -0.411. The number of hydrogen-bond acceptors (Lipinski definition) is 4. The maximum Gasteiger partial charge on any atom is 0.259 e. The standard InChI is InChI=1S/C24H26FN3O2S/c1-27(14-16-8-10-17(25)11-9-16)15-22(29)28-12-4-5-18(28)13-20-19-6-2-3-7-21(19)31-23(20)24(26)30/h2-3,6-11,18H,4-5,12-15H2,1H3,(H2,26,30)/t18-/m0/s1. The van der Waals surface area contributed by atoms with Crippen molar-refractivity contribution in [3.63, 3.8) is 0 Å². The van der Waals surface area contributed by atoms with Gasteiger partial charge in [0.1, 0.15) is 5.82 Å². The van der Waals surface area contributed by atoms with Gasteiger partial charge in [-0.05, 0) is 61.0 Å². The van der Waals surface area contributed by atoms with Crippen molar-refractivity contribution in [1.82, 2.24) is 9.80 Å². The first kappa shape index (κ1) is 21.5. The van der Waals surface area contributed by atoms with Gasteiger partial charge in [-0.3, -0.25) is 14.5 Å². The molecule has 1 atom stereocenters. The largest absolute Gasteiger partial charge is 0.365 e. The van der Waals surface area contributed by atoms with E-state index in [4.69, 9.17) is 5.73 Å². The Hall–Kier alpha value is -2.77. The average Bonchev–Trinajstić information content (AvgIpc) is 3.35. The van der Waals surface area contributed by atoms with Gasteiger partial charge in [0.15, 0.2) is 0 Å². The van der Waals surface area contributed by atoms with Gasteiger partial charge < -0.3 is 10.6 Å². The third kappa shape index (κ3) is 4.78. The highest BCUT2D eigenvalue weighted by molar-refractivity contribution is 7.21. The smallest absolute Gasteiger partial charge is 0.259 e. The molecule has 162 valence electrons. The first-order chi connectivity index (χ1) is 14.9. The second-order valence-corrected chi connectivity index (χ2v) is 9.21. The summed E-state index contributed by atoms with van der Waals surface area (Å²) in [7, 11) is 1.89. The summed E-state index contributed by atoms with van der Waals surface area (Å²) >= 11 is 1.42. The van der Waals surface area contributed by atoms with Crippen molar-refractivity contribution in [3.05, 3.63) is 70.4 Å². The molecule has 2 N–H and O–H groups in total. The van der Waals surface area contributed by atoms with Crippen LogP contribution in [0.5, 0.6) is 0 Å². The highest BCUT2D eigenvalue weighted by Gasteiger charge is 2.31. The molecule has 3 aromatic rings. The normalized spacial score (nSPS) is 16.4. The zero-order valence-corrected chi connectivity index (χ0v) is 18.3. The van der Waals surface area contributed by atoms with Crippen molar-refractivity contribution < 1.29 is 14.0 Å². The summed E-state index contributed by atoms with van der Waals surface area (Å²) in [6, 6.07) is 14.3. The minimum Gasteiger partial charge on any atom is -0.365 e. The lowest BCUT2D eigenvalue weighted by Crippen LogP contribution is -2.42. The molecule has 7 heteroatoms. The molecule has 0 unspecified atom stereocenters. The van der Waals surface area contributed by atoms with Crippen molar-refractivity contribution in [2.24, 2.45) is 5.73 Å². The Morgan fingerprint density at radius 3 is 2.68 bits per heavy atom. The molecule has 2 amide bonds. The predicted octanol–water partition coefficient (Wildman–Crippen LogP) is 3.80. The second-order valence-electron chi connectivity index (χ2n) is 8.16. The van der Waals surface area contributed by atoms with Gasteiger partial charge in [-0.15, -0.1) is 11.3 Å². The van der Waals surface area contributed by atoms with E-state index < -0.39 is 5.91 Å². The number of likely N-dealkylation sites (tertiary alicyclic amines) is 1. The molecule has 4 rings (SSSR count). The van der Waals surface area contributed by atoms with Gasteiger partial charge in [0, 0.05) is 23.8 Å². The molecule has 5 nitrogen and oxygen atoms in total. The summed E-state index contributed by atoms with van der Waals surface area (Å²) in [5.41, 5.74) is 7.58. The lowest BCUT2D eigenvalue weighted by Gasteiger charge is -2.27. The van der Waals surface area contributed by atoms with E-state index >= 15 is 0 Å². The predicted molar refractivity (Wildman–Crippen MR) is 122 cm³/mol. The number of thiophene rings is 1. The lowest BCUT2D eigenvalue weighted by atomic mass is 10.0. The van der Waals surface area contributed by atoms with Gasteiger partial charge in [0.2, 0.25) is 5.91 Å². The first-order valence-corrected chi connectivity index (χ1v) is 11.3. The highest BCUT2D eigenvalue weighted by Crippen LogP contribution is 2.34. The molecule has 1 aliphatic rings. The number of primary amides is 1. The first-order valence-electron chi connectivity index (χ1n) is 10.4. The van der Waals surface area contributed by atoms with Gasteiger partial charge >= 0.3 is 0 Å². The summed E-state index contributed by atoms with van der Waals surface area (Å²) in [4.78, 5) is 29.6. The number of halogens is 1. The van der Waals surface area contributed by atoms with Crippen molar-refractivity contribution >= 4 is 33.2 Å². The number of carbonyl (C=O) groups is 2. The Morgan fingerprint density at radius 2 is 1.94 bits per heavy atom. The van der Waals surface area contributed by atoms with Gasteiger partial charge in [0.05, 0.1) is 11.4 Å². The van der Waals surface area contributed by atoms with E-state index in [9.17, 15) is 14.0 Å². The molecule has 0 aliphatic carbocycles. The maximum absolute atomic E-state index is 13.1. The number of fused-ring (bicyclic) bond motifs is 1. The zero-order valence-electron chi connectivity index (χ0n) is 17.5. The molecule has 0 saturated carbocycles. The van der Waals surface area contributed by atoms with Crippen LogP contribution in [0.3, 0.4) is 0 Å². The Kier molecular flexibility index (Phi) is 6.34. The number of hydrogen-bond donors (Lipinski definition) is 1. The third-order valence-electron chi connectivity index (χ3n) is 5.83. The maximum atomic E-state index is 13.1. The van der Waals surface area contributed by atoms with Crippen LogP contribution < -0.4 is 5.73 Å². The van der Waals surface area contributed by atoms with Crippen LogP contribution in [0, 0.1) is 5.82 Å². The molecule has 1 fully saturated rings. The quantitative estimate of drug-likeness (QED) is 0.609. The van der Waals surface area contributed by atoms with Gasteiger partial charge in [-0.2, -0.15) is 0 Å². The van der Waals surface area contributed by atoms with Crippen molar-refractivity contribution in [2.45, 2.75) is 31.8 Å². The van der Waals surface area contributed by atoms with E-state index in [2.05, 4.69) is 0 Å². The van der Waals surface area contributed by atoms with E-state index in [1.54, 1.807) is 12.1 Å². The van der Waals surface area contributed by atoms with Crippen molar-refractivity contribution in [2.75, 3.05) is 20.1 Å². The van der Waals surface area contributed by atoms with Crippen molar-refractivity contribution in [1.29, 1.82) is 0 Å². The average molecular weight is 440 g/mol. The third-order valence-corrected chi connectivity index (χ3v) is 7.06. The molecular formula is C24H26FN3O2S. The summed E-state index contributed by atoms with van der Waals surface area (Å²) in [6.07, 6.45) is 2.50. The molecule has 0 radical (unpaired) electrons. The van der Waals surface area contributed by atoms with Gasteiger partial charge in [-0.25, -0.2) is 4.39 Å². The molecule has 0 bridgehead atoms. The van der Waals surface area contributed by atoms with Crippen molar-refractivity contribution in [3.8, 4) is 0 Å². The SMILES string of the molecule is CN(CC(=O)N1CCC[C@H]1Cc1c(C(N)=O)sc2ccccc12)Cc1ccc(F)cc1. The minimum absolute atomic E-state index is 0.0582. The fourth-order valence-corrected chi connectivity index (χ4v) is 5.48. The van der Waals surface area contributed by atoms with Crippen LogP contribution in [0.15, 0.2) is 48.5 Å². The van der Waals surface area contributed by atoms with E-state index in [1.807, 2.05) is 41.1 Å². The molecule has 1 aromatic heterocycles. The number of nitrogens with zero attached hydrogens (tertiary/aromatic N) is 2. The van der Waals surface area contributed by atoms with Crippen LogP contribution in [-0.4, -0.2) is 47.8 Å². The fraction of sp³-hybridized carbons (Fsp3) is 0.333. The Morgan fingerprint density at radius 1 is 1.19 bits per heavy atom. The number of likely N-dealkylation sites (N-methyl/N-ethyl adjacent to an activating group) is 1. The molecule has 2 aromatic carbocycles. The summed E-state index contributed by atoms with van der Waals surface area (Å²) in [5.74, 6) is -0.600. The van der Waals surface area contributed by atoms with E-state index in [-0.39, 0.29) is 17.8 Å². The summed E-state index contributed by atoms with van der Waals surface area (Å²) < 4.78 is 14.2. The molecule has 2 heterocycles. The number of amides is 2. The number of carbonyl (C=O) groups excluding carboxylic acids is 2. The van der Waals surface area contributed by atoms with E-state index in [0.29, 0.717) is 24.4 Å². The van der Waals surface area contributed by atoms with E-state index in [0.717, 1.165) is 40.6 Å². The Balaban J connectivity index is 1.46. The fourth-order valence-electron chi connectivity index (χ4n) is 4.39. The van der Waals surface area contributed by atoms with Gasteiger partial charge in [0.25, 0.3) is 5.91 Å². The van der Waals surface area contributed by atoms with Crippen LogP contribution >= 0.6 is 11.3 Å². The van der Waals surface area contributed by atoms with Crippen LogP contribution in [0.4, 0.5) is 4.39 Å². The van der Waals surface area contributed by atoms with Gasteiger partial charge in [-0.1, -0.05) is 30.3 Å². The molecule has 31 heavy (non-hydrogen) atoms. The molecule has 1 saturated heterocycles. The van der Waals surface area contributed by atoms with E-state index in [1.165, 1.54) is 23.5 Å².